The van der Waals surface area contributed by atoms with E-state index < -0.39 is 0 Å². The van der Waals surface area contributed by atoms with Crippen LogP contribution in [0.15, 0.2) is 0 Å². The first kappa shape index (κ1) is 7.06. The summed E-state index contributed by atoms with van der Waals surface area (Å²) in [4.78, 5) is 2.67. The van der Waals surface area contributed by atoms with Gasteiger partial charge in [-0.1, -0.05) is 6.42 Å². The Hall–Kier alpha value is 0.390. The summed E-state index contributed by atoms with van der Waals surface area (Å²) in [5.41, 5.74) is 0. The number of hydrogen-bond acceptors (Lipinski definition) is 1. The quantitative estimate of drug-likeness (QED) is 0.525. The Morgan fingerprint density at radius 3 is 2.30 bits per heavy atom. The summed E-state index contributed by atoms with van der Waals surface area (Å²) in [5, 5.41) is 0. The number of nitrogens with zero attached hydrogens (tertiary/aromatic N) is 1. The van der Waals surface area contributed by atoms with Crippen molar-refractivity contribution in [3.05, 3.63) is 0 Å². The van der Waals surface area contributed by atoms with Gasteiger partial charge in [0.05, 0.1) is 0 Å². The highest BCUT2D eigenvalue weighted by molar-refractivity contribution is 7.17. The minimum absolute atomic E-state index is 0.810. The standard InChI is InChI=1S/C8H16NP/c10-8-5-2-6-9(8)7-3-1-4-7/h7-8H,1-6,10H2. The van der Waals surface area contributed by atoms with Gasteiger partial charge < -0.3 is 0 Å². The summed E-state index contributed by atoms with van der Waals surface area (Å²) in [6.07, 6.45) is 7.22. The van der Waals surface area contributed by atoms with Gasteiger partial charge in [-0.3, -0.25) is 4.90 Å². The van der Waals surface area contributed by atoms with Crippen molar-refractivity contribution in [1.82, 2.24) is 4.90 Å². The summed E-state index contributed by atoms with van der Waals surface area (Å²) in [7, 11) is 2.97. The van der Waals surface area contributed by atoms with Crippen molar-refractivity contribution in [2.24, 2.45) is 0 Å². The van der Waals surface area contributed by atoms with Crippen molar-refractivity contribution in [3.8, 4) is 0 Å². The van der Waals surface area contributed by atoms with Crippen LogP contribution in [0.4, 0.5) is 0 Å². The van der Waals surface area contributed by atoms with E-state index in [1.165, 1.54) is 38.6 Å². The molecule has 0 aromatic rings. The molecule has 2 aliphatic rings. The smallest absolute Gasteiger partial charge is 0.0242 e. The lowest BCUT2D eigenvalue weighted by molar-refractivity contribution is 0.147. The third-order valence-electron chi connectivity index (χ3n) is 2.89. The van der Waals surface area contributed by atoms with Crippen LogP contribution in [0.2, 0.25) is 0 Å². The van der Waals surface area contributed by atoms with E-state index in [2.05, 4.69) is 14.1 Å². The lowest BCUT2D eigenvalue weighted by Crippen LogP contribution is -2.40. The highest BCUT2D eigenvalue weighted by Gasteiger charge is 2.31. The lowest BCUT2D eigenvalue weighted by Gasteiger charge is -2.37. The maximum Gasteiger partial charge on any atom is 0.0242 e. The van der Waals surface area contributed by atoms with Gasteiger partial charge in [-0.15, -0.1) is 9.24 Å². The highest BCUT2D eigenvalue weighted by Crippen LogP contribution is 2.33. The largest absolute Gasteiger partial charge is 0.294 e. The Bertz CT molecular complexity index is 122. The fourth-order valence-electron chi connectivity index (χ4n) is 1.99. The van der Waals surface area contributed by atoms with E-state index in [0.717, 1.165) is 11.8 Å². The van der Waals surface area contributed by atoms with E-state index in [0.29, 0.717) is 0 Å². The fourth-order valence-corrected chi connectivity index (χ4v) is 2.61. The topological polar surface area (TPSA) is 3.24 Å². The monoisotopic (exact) mass is 157 g/mol. The first-order valence-corrected chi connectivity index (χ1v) is 5.06. The fraction of sp³-hybridized carbons (Fsp3) is 1.00. The van der Waals surface area contributed by atoms with Crippen LogP contribution in [0, 0.1) is 0 Å². The van der Waals surface area contributed by atoms with Crippen molar-refractivity contribution in [1.29, 1.82) is 0 Å². The Morgan fingerprint density at radius 1 is 1.10 bits per heavy atom. The summed E-state index contributed by atoms with van der Waals surface area (Å²) in [5.74, 6) is 0.810. The third-order valence-corrected chi connectivity index (χ3v) is 3.60. The SMILES string of the molecule is PC1CCCN1C1CCC1. The lowest BCUT2D eigenvalue weighted by atomic mass is 9.92. The molecule has 1 nitrogen and oxygen atoms in total. The zero-order valence-corrected chi connectivity index (χ0v) is 7.58. The molecular weight excluding hydrogens is 141 g/mol. The normalized spacial score (nSPS) is 36.3. The Balaban J connectivity index is 1.90. The van der Waals surface area contributed by atoms with E-state index in [-0.39, 0.29) is 0 Å². The number of rotatable bonds is 1. The van der Waals surface area contributed by atoms with E-state index in [1.54, 1.807) is 0 Å². The second-order valence-corrected chi connectivity index (χ2v) is 4.30. The maximum absolute atomic E-state index is 2.97. The van der Waals surface area contributed by atoms with E-state index in [4.69, 9.17) is 0 Å². The Labute approximate surface area is 65.4 Å². The molecule has 1 saturated heterocycles. The van der Waals surface area contributed by atoms with Gasteiger partial charge in [-0.05, 0) is 32.2 Å². The van der Waals surface area contributed by atoms with Crippen molar-refractivity contribution in [2.75, 3.05) is 6.54 Å². The minimum atomic E-state index is 0.810. The highest BCUT2D eigenvalue weighted by atomic mass is 31.0. The van der Waals surface area contributed by atoms with Crippen LogP contribution in [-0.2, 0) is 0 Å². The average molecular weight is 157 g/mol. The summed E-state index contributed by atoms with van der Waals surface area (Å²) >= 11 is 0. The first-order chi connectivity index (χ1) is 4.88. The second kappa shape index (κ2) is 2.79. The zero-order valence-electron chi connectivity index (χ0n) is 6.42. The van der Waals surface area contributed by atoms with Gasteiger partial charge in [0.1, 0.15) is 0 Å². The molecule has 0 radical (unpaired) electrons. The molecule has 0 aromatic carbocycles. The van der Waals surface area contributed by atoms with Crippen LogP contribution in [0.1, 0.15) is 32.1 Å². The van der Waals surface area contributed by atoms with Crippen LogP contribution >= 0.6 is 9.24 Å². The van der Waals surface area contributed by atoms with Gasteiger partial charge in [0.15, 0.2) is 0 Å². The summed E-state index contributed by atoms with van der Waals surface area (Å²) in [6.45, 7) is 1.36. The predicted octanol–water partition coefficient (Wildman–Crippen LogP) is 1.84. The van der Waals surface area contributed by atoms with Crippen LogP contribution in [0.3, 0.4) is 0 Å². The van der Waals surface area contributed by atoms with Gasteiger partial charge in [0.2, 0.25) is 0 Å². The zero-order chi connectivity index (χ0) is 6.97. The van der Waals surface area contributed by atoms with Crippen molar-refractivity contribution >= 4 is 9.24 Å². The molecular formula is C8H16NP. The van der Waals surface area contributed by atoms with Gasteiger partial charge in [0.25, 0.3) is 0 Å². The average Bonchev–Trinajstić information content (AvgIpc) is 2.12. The molecule has 0 amide bonds. The number of likely N-dealkylation sites (tertiary alicyclic amines) is 1. The molecule has 58 valence electrons. The van der Waals surface area contributed by atoms with Gasteiger partial charge in [-0.25, -0.2) is 0 Å². The molecule has 0 spiro atoms. The molecule has 0 aromatic heterocycles. The molecule has 2 unspecified atom stereocenters. The van der Waals surface area contributed by atoms with Gasteiger partial charge >= 0.3 is 0 Å². The van der Waals surface area contributed by atoms with E-state index in [9.17, 15) is 0 Å². The number of hydrogen-bond donors (Lipinski definition) is 0. The van der Waals surface area contributed by atoms with Crippen LogP contribution < -0.4 is 0 Å². The first-order valence-electron chi connectivity index (χ1n) is 4.39. The van der Waals surface area contributed by atoms with Crippen LogP contribution in [-0.4, -0.2) is 23.3 Å². The van der Waals surface area contributed by atoms with Crippen LogP contribution in [0.25, 0.3) is 0 Å². The predicted molar refractivity (Wildman–Crippen MR) is 47.1 cm³/mol. The van der Waals surface area contributed by atoms with Gasteiger partial charge in [-0.2, -0.15) is 0 Å². The Kier molecular flexibility index (Phi) is 1.97. The van der Waals surface area contributed by atoms with Crippen molar-refractivity contribution in [3.63, 3.8) is 0 Å². The van der Waals surface area contributed by atoms with Crippen molar-refractivity contribution in [2.45, 2.75) is 43.9 Å². The molecule has 10 heavy (non-hydrogen) atoms. The third kappa shape index (κ3) is 1.10. The molecule has 2 fully saturated rings. The second-order valence-electron chi connectivity index (χ2n) is 3.53. The maximum atomic E-state index is 2.97. The molecule has 2 heteroatoms. The molecule has 0 N–H and O–H groups in total. The molecule has 1 aliphatic heterocycles. The summed E-state index contributed by atoms with van der Waals surface area (Å²) in [6, 6.07) is 0.963. The van der Waals surface area contributed by atoms with E-state index in [1.807, 2.05) is 0 Å². The summed E-state index contributed by atoms with van der Waals surface area (Å²) < 4.78 is 0. The van der Waals surface area contributed by atoms with Crippen LogP contribution in [0.5, 0.6) is 0 Å². The Morgan fingerprint density at radius 2 is 1.90 bits per heavy atom. The molecule has 2 atom stereocenters. The van der Waals surface area contributed by atoms with E-state index >= 15 is 0 Å². The minimum Gasteiger partial charge on any atom is -0.294 e. The molecule has 1 heterocycles. The molecule has 1 aliphatic carbocycles. The molecule has 0 bridgehead atoms. The van der Waals surface area contributed by atoms with Crippen molar-refractivity contribution < 1.29 is 0 Å². The van der Waals surface area contributed by atoms with Gasteiger partial charge in [0, 0.05) is 11.8 Å². The molecule has 2 rings (SSSR count). The molecule has 1 saturated carbocycles.